The molecule has 0 aliphatic carbocycles. The van der Waals surface area contributed by atoms with Gasteiger partial charge in [-0.3, -0.25) is 4.79 Å². The molecule has 19 heavy (non-hydrogen) atoms. The van der Waals surface area contributed by atoms with Crippen molar-refractivity contribution in [1.29, 1.82) is 0 Å². The summed E-state index contributed by atoms with van der Waals surface area (Å²) >= 11 is 0. The van der Waals surface area contributed by atoms with E-state index in [1.807, 2.05) is 0 Å². The van der Waals surface area contributed by atoms with Gasteiger partial charge < -0.3 is 10.2 Å². The lowest BCUT2D eigenvalue weighted by Gasteiger charge is -2.23. The first-order valence-corrected chi connectivity index (χ1v) is 8.12. The predicted molar refractivity (Wildman–Crippen MR) is 83.4 cm³/mol. The molecule has 0 aliphatic rings. The summed E-state index contributed by atoms with van der Waals surface area (Å²) < 4.78 is 0. The van der Waals surface area contributed by atoms with Crippen LogP contribution in [0.2, 0.25) is 0 Å². The monoisotopic (exact) mass is 270 g/mol. The van der Waals surface area contributed by atoms with E-state index in [9.17, 15) is 4.79 Å². The van der Waals surface area contributed by atoms with Crippen molar-refractivity contribution in [3.05, 3.63) is 0 Å². The normalized spacial score (nSPS) is 11.0. The summed E-state index contributed by atoms with van der Waals surface area (Å²) in [4.78, 5) is 14.3. The highest BCUT2D eigenvalue weighted by Gasteiger charge is 2.12. The molecule has 3 heteroatoms. The van der Waals surface area contributed by atoms with E-state index in [-0.39, 0.29) is 0 Å². The highest BCUT2D eigenvalue weighted by atomic mass is 16.2. The van der Waals surface area contributed by atoms with Gasteiger partial charge in [-0.15, -0.1) is 0 Å². The van der Waals surface area contributed by atoms with Crippen LogP contribution in [0.15, 0.2) is 0 Å². The number of hydrogen-bond donors (Lipinski definition) is 1. The SMILES string of the molecule is CCCCCN(CCCCC)C(=O)CCNC(C)C. The van der Waals surface area contributed by atoms with E-state index in [2.05, 4.69) is 37.9 Å². The van der Waals surface area contributed by atoms with Gasteiger partial charge in [0.05, 0.1) is 0 Å². The number of nitrogens with zero attached hydrogens (tertiary/aromatic N) is 1. The molecule has 0 bridgehead atoms. The molecular formula is C16H34N2O. The van der Waals surface area contributed by atoms with Crippen molar-refractivity contribution in [2.45, 2.75) is 78.7 Å². The molecule has 0 fully saturated rings. The van der Waals surface area contributed by atoms with Gasteiger partial charge in [0.15, 0.2) is 0 Å². The van der Waals surface area contributed by atoms with Gasteiger partial charge in [-0.25, -0.2) is 0 Å². The Morgan fingerprint density at radius 2 is 1.53 bits per heavy atom. The Morgan fingerprint density at radius 3 is 1.95 bits per heavy atom. The fourth-order valence-corrected chi connectivity index (χ4v) is 2.09. The van der Waals surface area contributed by atoms with Crippen LogP contribution in [0.4, 0.5) is 0 Å². The maximum atomic E-state index is 12.2. The van der Waals surface area contributed by atoms with Crippen LogP contribution in [-0.4, -0.2) is 36.5 Å². The van der Waals surface area contributed by atoms with E-state index >= 15 is 0 Å². The van der Waals surface area contributed by atoms with Crippen LogP contribution in [0.5, 0.6) is 0 Å². The van der Waals surface area contributed by atoms with Crippen LogP contribution in [0.3, 0.4) is 0 Å². The molecule has 0 aromatic heterocycles. The Bertz CT molecular complexity index is 207. The van der Waals surface area contributed by atoms with Gasteiger partial charge in [0, 0.05) is 32.1 Å². The van der Waals surface area contributed by atoms with Gasteiger partial charge >= 0.3 is 0 Å². The maximum Gasteiger partial charge on any atom is 0.223 e. The second kappa shape index (κ2) is 12.5. The molecular weight excluding hydrogens is 236 g/mol. The molecule has 1 N–H and O–H groups in total. The van der Waals surface area contributed by atoms with E-state index in [1.165, 1.54) is 25.7 Å². The van der Waals surface area contributed by atoms with Gasteiger partial charge in [0.25, 0.3) is 0 Å². The van der Waals surface area contributed by atoms with Crippen LogP contribution in [0.25, 0.3) is 0 Å². The van der Waals surface area contributed by atoms with Gasteiger partial charge in [0.2, 0.25) is 5.91 Å². The molecule has 0 unspecified atom stereocenters. The first-order valence-electron chi connectivity index (χ1n) is 8.12. The third kappa shape index (κ3) is 11.0. The Balaban J connectivity index is 4.01. The summed E-state index contributed by atoms with van der Waals surface area (Å²) in [5.74, 6) is 0.320. The first-order chi connectivity index (χ1) is 9.11. The molecule has 0 rings (SSSR count). The van der Waals surface area contributed by atoms with E-state index in [0.29, 0.717) is 18.4 Å². The average molecular weight is 270 g/mol. The van der Waals surface area contributed by atoms with Crippen molar-refractivity contribution < 1.29 is 4.79 Å². The van der Waals surface area contributed by atoms with Crippen LogP contribution in [0, 0.1) is 0 Å². The summed E-state index contributed by atoms with van der Waals surface area (Å²) in [5.41, 5.74) is 0. The van der Waals surface area contributed by atoms with Crippen molar-refractivity contribution >= 4 is 5.91 Å². The van der Waals surface area contributed by atoms with Gasteiger partial charge in [-0.1, -0.05) is 53.4 Å². The van der Waals surface area contributed by atoms with Crippen LogP contribution in [0.1, 0.15) is 72.6 Å². The minimum Gasteiger partial charge on any atom is -0.343 e. The summed E-state index contributed by atoms with van der Waals surface area (Å²) in [6.07, 6.45) is 7.80. The van der Waals surface area contributed by atoms with E-state index in [4.69, 9.17) is 0 Å². The van der Waals surface area contributed by atoms with Gasteiger partial charge in [-0.2, -0.15) is 0 Å². The van der Waals surface area contributed by atoms with Gasteiger partial charge in [0.1, 0.15) is 0 Å². The van der Waals surface area contributed by atoms with Crippen molar-refractivity contribution in [2.24, 2.45) is 0 Å². The van der Waals surface area contributed by atoms with E-state index in [0.717, 1.165) is 32.5 Å². The number of amides is 1. The Kier molecular flexibility index (Phi) is 12.1. The van der Waals surface area contributed by atoms with Gasteiger partial charge in [-0.05, 0) is 12.8 Å². The van der Waals surface area contributed by atoms with Crippen molar-refractivity contribution in [1.82, 2.24) is 10.2 Å². The van der Waals surface area contributed by atoms with Crippen LogP contribution < -0.4 is 5.32 Å². The van der Waals surface area contributed by atoms with Crippen molar-refractivity contribution in [3.8, 4) is 0 Å². The summed E-state index contributed by atoms with van der Waals surface area (Å²) in [6, 6.07) is 0.460. The zero-order valence-corrected chi connectivity index (χ0v) is 13.5. The fraction of sp³-hybridized carbons (Fsp3) is 0.938. The first kappa shape index (κ1) is 18.4. The fourth-order valence-electron chi connectivity index (χ4n) is 2.09. The molecule has 0 spiro atoms. The number of carbonyl (C=O) groups excluding carboxylic acids is 1. The molecule has 0 radical (unpaired) electrons. The molecule has 1 amide bonds. The molecule has 0 heterocycles. The maximum absolute atomic E-state index is 12.2. The average Bonchev–Trinajstić information content (AvgIpc) is 2.36. The number of rotatable bonds is 12. The quantitative estimate of drug-likeness (QED) is 0.550. The number of hydrogen-bond acceptors (Lipinski definition) is 2. The molecule has 0 aromatic rings. The molecule has 0 saturated heterocycles. The lowest BCUT2D eigenvalue weighted by atomic mass is 10.2. The number of carbonyl (C=O) groups is 1. The summed E-state index contributed by atoms with van der Waals surface area (Å²) in [5, 5.41) is 3.32. The Hall–Kier alpha value is -0.570. The molecule has 0 saturated carbocycles. The van der Waals surface area contributed by atoms with Crippen LogP contribution in [-0.2, 0) is 4.79 Å². The second-order valence-electron chi connectivity index (χ2n) is 5.65. The predicted octanol–water partition coefficient (Wildman–Crippen LogP) is 3.58. The lowest BCUT2D eigenvalue weighted by molar-refractivity contribution is -0.131. The standard InChI is InChI=1S/C16H34N2O/c1-5-7-9-13-18(14-10-8-6-2)16(19)11-12-17-15(3)4/h15,17H,5-14H2,1-4H3. The summed E-state index contributed by atoms with van der Waals surface area (Å²) in [7, 11) is 0. The van der Waals surface area contributed by atoms with E-state index < -0.39 is 0 Å². The largest absolute Gasteiger partial charge is 0.343 e. The topological polar surface area (TPSA) is 32.3 Å². The third-order valence-electron chi connectivity index (χ3n) is 3.31. The van der Waals surface area contributed by atoms with Crippen molar-refractivity contribution in [3.63, 3.8) is 0 Å². The Labute approximate surface area is 120 Å². The number of nitrogens with one attached hydrogen (secondary N) is 1. The number of unbranched alkanes of at least 4 members (excludes halogenated alkanes) is 4. The molecule has 0 atom stereocenters. The minimum absolute atomic E-state index is 0.320. The Morgan fingerprint density at radius 1 is 1.00 bits per heavy atom. The van der Waals surface area contributed by atoms with E-state index in [1.54, 1.807) is 0 Å². The second-order valence-corrected chi connectivity index (χ2v) is 5.65. The third-order valence-corrected chi connectivity index (χ3v) is 3.31. The highest BCUT2D eigenvalue weighted by Crippen LogP contribution is 2.04. The highest BCUT2D eigenvalue weighted by molar-refractivity contribution is 5.76. The zero-order chi connectivity index (χ0) is 14.5. The molecule has 3 nitrogen and oxygen atoms in total. The summed E-state index contributed by atoms with van der Waals surface area (Å²) in [6.45, 7) is 11.3. The molecule has 0 aromatic carbocycles. The minimum atomic E-state index is 0.320. The molecule has 114 valence electrons. The van der Waals surface area contributed by atoms with Crippen molar-refractivity contribution in [2.75, 3.05) is 19.6 Å². The lowest BCUT2D eigenvalue weighted by Crippen LogP contribution is -2.36. The smallest absolute Gasteiger partial charge is 0.223 e. The zero-order valence-electron chi connectivity index (χ0n) is 13.5. The molecule has 0 aliphatic heterocycles. The van der Waals surface area contributed by atoms with Crippen LogP contribution >= 0.6 is 0 Å².